The van der Waals surface area contributed by atoms with Gasteiger partial charge in [-0.25, -0.2) is 9.59 Å². The third-order valence-corrected chi connectivity index (χ3v) is 13.9. The van der Waals surface area contributed by atoms with Crippen LogP contribution in [0.15, 0.2) is 0 Å². The minimum absolute atomic E-state index is 0.0480. The average molecular weight is 351 g/mol. The van der Waals surface area contributed by atoms with Crippen LogP contribution in [0.1, 0.15) is 41.5 Å². The van der Waals surface area contributed by atoms with Crippen molar-refractivity contribution in [2.75, 3.05) is 0 Å². The third kappa shape index (κ3) is 6.77. The Morgan fingerprint density at radius 3 is 1.17 bits per heavy atom. The zero-order valence-electron chi connectivity index (χ0n) is 16.2. The number of ether oxygens (including phenoxy) is 1. The minimum Gasteiger partial charge on any atom is -0.373 e. The van der Waals surface area contributed by atoms with Gasteiger partial charge in [0.2, 0.25) is 0 Å². The van der Waals surface area contributed by atoms with E-state index in [1.807, 2.05) is 0 Å². The second kappa shape index (κ2) is 7.07. The zero-order valence-corrected chi connectivity index (χ0v) is 18.2. The fraction of sp³-hybridized carbons (Fsp3) is 0.667. The summed E-state index contributed by atoms with van der Waals surface area (Å²) in [6.07, 6.45) is 0. The fourth-order valence-corrected chi connectivity index (χ4v) is 2.50. The van der Waals surface area contributed by atoms with Gasteiger partial charge >= 0.3 is 11.9 Å². The van der Waals surface area contributed by atoms with Crippen molar-refractivity contribution >= 4 is 28.1 Å². The predicted molar refractivity (Wildman–Crippen MR) is 101 cm³/mol. The van der Waals surface area contributed by atoms with E-state index >= 15 is 0 Å². The van der Waals surface area contributed by atoms with E-state index in [0.29, 0.717) is 0 Å². The molecule has 0 saturated carbocycles. The van der Waals surface area contributed by atoms with Gasteiger partial charge in [-0.3, -0.25) is 0 Å². The molecule has 0 rings (SSSR count). The molecule has 0 aliphatic heterocycles. The van der Waals surface area contributed by atoms with Gasteiger partial charge in [0.1, 0.15) is 16.1 Å². The second-order valence-corrected chi connectivity index (χ2v) is 18.9. The molecular weight excluding hydrogens is 320 g/mol. The van der Waals surface area contributed by atoms with Crippen LogP contribution in [0.4, 0.5) is 0 Å². The third-order valence-electron chi connectivity index (χ3n) is 4.89. The highest BCUT2D eigenvalue weighted by molar-refractivity contribution is 6.88. The molecular formula is C18H30O3Si2. The Morgan fingerprint density at radius 2 is 0.957 bits per heavy atom. The molecule has 0 N–H and O–H groups in total. The Bertz CT molecular complexity index is 541. The van der Waals surface area contributed by atoms with Gasteiger partial charge in [-0.05, 0) is 10.1 Å². The van der Waals surface area contributed by atoms with E-state index in [2.05, 4.69) is 95.4 Å². The van der Waals surface area contributed by atoms with Crippen LogP contribution in [0.5, 0.6) is 0 Å². The van der Waals surface area contributed by atoms with Gasteiger partial charge in [-0.15, -0.1) is 11.1 Å². The van der Waals surface area contributed by atoms with Crippen molar-refractivity contribution in [1.29, 1.82) is 0 Å². The predicted octanol–water partition coefficient (Wildman–Crippen LogP) is 4.16. The van der Waals surface area contributed by atoms with Crippen molar-refractivity contribution < 1.29 is 14.3 Å². The van der Waals surface area contributed by atoms with Crippen molar-refractivity contribution in [3.05, 3.63) is 0 Å². The topological polar surface area (TPSA) is 43.4 Å². The van der Waals surface area contributed by atoms with Gasteiger partial charge < -0.3 is 4.74 Å². The molecule has 0 aliphatic carbocycles. The Labute approximate surface area is 143 Å². The van der Waals surface area contributed by atoms with Crippen LogP contribution in [0.3, 0.4) is 0 Å². The summed E-state index contributed by atoms with van der Waals surface area (Å²) in [5.74, 6) is 3.29. The van der Waals surface area contributed by atoms with Gasteiger partial charge in [0.25, 0.3) is 0 Å². The van der Waals surface area contributed by atoms with E-state index in [9.17, 15) is 9.59 Å². The molecule has 0 spiro atoms. The molecule has 0 atom stereocenters. The largest absolute Gasteiger partial charge is 0.392 e. The average Bonchev–Trinajstić information content (AvgIpc) is 2.31. The van der Waals surface area contributed by atoms with E-state index in [0.717, 1.165) is 0 Å². The van der Waals surface area contributed by atoms with Crippen molar-refractivity contribution in [1.82, 2.24) is 0 Å². The molecule has 0 radical (unpaired) electrons. The monoisotopic (exact) mass is 350 g/mol. The van der Waals surface area contributed by atoms with Crippen molar-refractivity contribution in [2.45, 2.75) is 77.8 Å². The van der Waals surface area contributed by atoms with Crippen LogP contribution < -0.4 is 0 Å². The SMILES string of the molecule is CC(C)(C)[Si](C)(C)C#CC(=O)OC(=O)C#C[Si](C)(C)C(C)(C)C. The summed E-state index contributed by atoms with van der Waals surface area (Å²) in [5, 5.41) is 0.0961. The van der Waals surface area contributed by atoms with Crippen LogP contribution in [-0.4, -0.2) is 28.1 Å². The number of esters is 2. The molecule has 5 heteroatoms. The molecule has 0 heterocycles. The highest BCUT2D eigenvalue weighted by Gasteiger charge is 2.34. The van der Waals surface area contributed by atoms with Crippen molar-refractivity contribution in [2.24, 2.45) is 0 Å². The minimum atomic E-state index is -1.89. The maximum Gasteiger partial charge on any atom is 0.392 e. The molecule has 0 fully saturated rings. The van der Waals surface area contributed by atoms with Crippen LogP contribution in [0, 0.1) is 22.9 Å². The van der Waals surface area contributed by atoms with Crippen molar-refractivity contribution in [3.8, 4) is 22.9 Å². The number of carbonyl (C=O) groups excluding carboxylic acids is 2. The summed E-state index contributed by atoms with van der Waals surface area (Å²) in [4.78, 5) is 23.4. The number of hydrogen-bond acceptors (Lipinski definition) is 3. The number of rotatable bonds is 0. The van der Waals surface area contributed by atoms with Gasteiger partial charge in [0.15, 0.2) is 0 Å². The van der Waals surface area contributed by atoms with Crippen molar-refractivity contribution in [3.63, 3.8) is 0 Å². The first-order valence-corrected chi connectivity index (χ1v) is 13.8. The zero-order chi connectivity index (χ0) is 18.7. The lowest BCUT2D eigenvalue weighted by Crippen LogP contribution is -2.36. The molecule has 0 unspecified atom stereocenters. The van der Waals surface area contributed by atoms with Gasteiger partial charge in [0, 0.05) is 11.8 Å². The Hall–Kier alpha value is -1.31. The summed E-state index contributed by atoms with van der Waals surface area (Å²) in [6, 6.07) is 0. The quantitative estimate of drug-likeness (QED) is 0.285. The van der Waals surface area contributed by atoms with E-state index in [1.165, 1.54) is 0 Å². The fourth-order valence-electron chi connectivity index (χ4n) is 0.925. The number of carbonyl (C=O) groups is 2. The first-order chi connectivity index (χ1) is 9.99. The molecule has 23 heavy (non-hydrogen) atoms. The highest BCUT2D eigenvalue weighted by Crippen LogP contribution is 2.35. The highest BCUT2D eigenvalue weighted by atomic mass is 28.3. The van der Waals surface area contributed by atoms with Gasteiger partial charge in [0.05, 0.1) is 0 Å². The van der Waals surface area contributed by atoms with E-state index in [1.54, 1.807) is 0 Å². The molecule has 0 aromatic rings. The number of hydrogen-bond donors (Lipinski definition) is 0. The normalized spacial score (nSPS) is 12.4. The molecule has 0 aromatic carbocycles. The first-order valence-electron chi connectivity index (χ1n) is 7.82. The summed E-state index contributed by atoms with van der Waals surface area (Å²) >= 11 is 0. The van der Waals surface area contributed by atoms with Crippen LogP contribution in [-0.2, 0) is 14.3 Å². The van der Waals surface area contributed by atoms with E-state index < -0.39 is 28.1 Å². The van der Waals surface area contributed by atoms with Crippen LogP contribution in [0.25, 0.3) is 0 Å². The Balaban J connectivity index is 4.97. The summed E-state index contributed by atoms with van der Waals surface area (Å²) in [7, 11) is -3.79. The summed E-state index contributed by atoms with van der Waals surface area (Å²) < 4.78 is 4.69. The molecule has 128 valence electrons. The lowest BCUT2D eigenvalue weighted by Gasteiger charge is -2.31. The summed E-state index contributed by atoms with van der Waals surface area (Å²) in [6.45, 7) is 21.0. The Morgan fingerprint density at radius 1 is 0.696 bits per heavy atom. The second-order valence-electron chi connectivity index (χ2n) is 8.93. The lowest BCUT2D eigenvalue weighted by molar-refractivity contribution is -0.151. The maximum atomic E-state index is 11.7. The van der Waals surface area contributed by atoms with E-state index in [-0.39, 0.29) is 10.1 Å². The van der Waals surface area contributed by atoms with Crippen LogP contribution in [0.2, 0.25) is 36.3 Å². The lowest BCUT2D eigenvalue weighted by atomic mass is 10.2. The standard InChI is InChI=1S/C18H30O3Si2/c1-17(2,3)22(7,8)13-11-15(19)21-16(20)12-14-23(9,10)18(4,5)6/h1-10H3. The van der Waals surface area contributed by atoms with Crippen LogP contribution >= 0.6 is 0 Å². The Kier molecular flexibility index (Phi) is 6.67. The molecule has 0 amide bonds. The molecule has 0 aliphatic rings. The molecule has 0 aromatic heterocycles. The molecule has 3 nitrogen and oxygen atoms in total. The molecule has 0 bridgehead atoms. The van der Waals surface area contributed by atoms with Gasteiger partial charge in [-0.1, -0.05) is 67.7 Å². The maximum absolute atomic E-state index is 11.7. The molecule has 0 saturated heterocycles. The first kappa shape index (κ1) is 21.7. The summed E-state index contributed by atoms with van der Waals surface area (Å²) in [5.41, 5.74) is 6.05. The van der Waals surface area contributed by atoms with E-state index in [4.69, 9.17) is 0 Å². The van der Waals surface area contributed by atoms with Gasteiger partial charge in [-0.2, -0.15) is 0 Å². The smallest absolute Gasteiger partial charge is 0.373 e.